The quantitative estimate of drug-likeness (QED) is 0.380. The summed E-state index contributed by atoms with van der Waals surface area (Å²) in [5, 5.41) is 1.54. The number of rotatable bonds is 7. The zero-order valence-electron chi connectivity index (χ0n) is 15.9. The van der Waals surface area contributed by atoms with Gasteiger partial charge >= 0.3 is 11.3 Å². The highest BCUT2D eigenvalue weighted by Crippen LogP contribution is 2.35. The van der Waals surface area contributed by atoms with Gasteiger partial charge in [0.05, 0.1) is 23.6 Å². The van der Waals surface area contributed by atoms with Gasteiger partial charge in [-0.1, -0.05) is 0 Å². The van der Waals surface area contributed by atoms with E-state index < -0.39 is 11.3 Å². The van der Waals surface area contributed by atoms with Gasteiger partial charge in [-0.05, 0) is 38.3 Å². The van der Waals surface area contributed by atoms with Crippen LogP contribution in [-0.2, 0) is 6.54 Å². The lowest BCUT2D eigenvalue weighted by atomic mass is 10.1. The lowest BCUT2D eigenvalue weighted by molar-refractivity contribution is 0.310. The molecule has 0 bridgehead atoms. The van der Waals surface area contributed by atoms with Gasteiger partial charge in [0, 0.05) is 30.4 Å². The minimum Gasteiger partial charge on any atom is -0.492 e. The highest BCUT2D eigenvalue weighted by atomic mass is 16.5. The second kappa shape index (κ2) is 7.83. The highest BCUT2D eigenvalue weighted by molar-refractivity contribution is 6.01. The zero-order chi connectivity index (χ0) is 20.4. The summed E-state index contributed by atoms with van der Waals surface area (Å²) in [6.07, 6.45) is 5.55. The molecule has 3 heterocycles. The molecule has 0 aliphatic heterocycles. The summed E-state index contributed by atoms with van der Waals surface area (Å²) in [5.74, 6) is 0.627. The molecule has 1 aromatic carbocycles. The molecule has 0 atom stereocenters. The predicted molar refractivity (Wildman–Crippen MR) is 108 cm³/mol. The van der Waals surface area contributed by atoms with Gasteiger partial charge in [-0.2, -0.15) is 0 Å². The van der Waals surface area contributed by atoms with E-state index in [-0.39, 0.29) is 5.56 Å². The number of nitrogens with one attached hydrogen (secondary N) is 1. The fourth-order valence-electron chi connectivity index (χ4n) is 3.29. The van der Waals surface area contributed by atoms with Crippen molar-refractivity contribution in [1.82, 2.24) is 9.55 Å². The Labute approximate surface area is 164 Å². The second-order valence-corrected chi connectivity index (χ2v) is 6.88. The van der Waals surface area contributed by atoms with E-state index in [0.717, 1.165) is 24.6 Å². The number of nitrogens with zero attached hydrogens (tertiary/aromatic N) is 1. The van der Waals surface area contributed by atoms with Crippen molar-refractivity contribution in [2.24, 2.45) is 0 Å². The van der Waals surface area contributed by atoms with Crippen LogP contribution in [0.4, 0.5) is 0 Å². The van der Waals surface area contributed by atoms with E-state index in [1.807, 2.05) is 6.07 Å². The molecular weight excluding hydrogens is 376 g/mol. The summed E-state index contributed by atoms with van der Waals surface area (Å²) in [5.41, 5.74) is 0.353. The number of ether oxygens (including phenoxy) is 1. The van der Waals surface area contributed by atoms with Crippen molar-refractivity contribution >= 4 is 21.9 Å². The Balaban J connectivity index is 1.39. The largest absolute Gasteiger partial charge is 0.492 e. The van der Waals surface area contributed by atoms with Crippen LogP contribution >= 0.6 is 0 Å². The molecule has 0 spiro atoms. The average Bonchev–Trinajstić information content (AvgIpc) is 3.15. The Morgan fingerprint density at radius 1 is 1.03 bits per heavy atom. The number of benzene rings is 1. The Morgan fingerprint density at radius 2 is 1.86 bits per heavy atom. The van der Waals surface area contributed by atoms with E-state index in [4.69, 9.17) is 13.6 Å². The minimum absolute atomic E-state index is 0.351. The Hall–Kier alpha value is -3.55. The predicted octanol–water partition coefficient (Wildman–Crippen LogP) is 2.95. The number of hydrogen-bond donors (Lipinski definition) is 1. The summed E-state index contributed by atoms with van der Waals surface area (Å²) in [4.78, 5) is 37.0. The SMILES string of the molecule is Cc1cn(CCCCCOc2c3ccoc3cc3oc(=O)ccc23)c(=O)[nH]c1=O. The first kappa shape index (κ1) is 18.8. The molecule has 0 aliphatic rings. The van der Waals surface area contributed by atoms with Crippen molar-refractivity contribution in [2.45, 2.75) is 32.7 Å². The van der Waals surface area contributed by atoms with Crippen molar-refractivity contribution in [3.8, 4) is 5.75 Å². The van der Waals surface area contributed by atoms with Gasteiger partial charge in [-0.25, -0.2) is 9.59 Å². The van der Waals surface area contributed by atoms with Crippen LogP contribution in [0.25, 0.3) is 21.9 Å². The lowest BCUT2D eigenvalue weighted by Crippen LogP contribution is -2.30. The number of unbranched alkanes of at least 4 members (excludes halogenated alkanes) is 2. The fraction of sp³-hybridized carbons (Fsp3) is 0.286. The molecule has 4 rings (SSSR count). The molecule has 4 aromatic rings. The number of fused-ring (bicyclic) bond motifs is 2. The smallest absolute Gasteiger partial charge is 0.336 e. The zero-order valence-corrected chi connectivity index (χ0v) is 15.9. The molecule has 0 aliphatic carbocycles. The third-order valence-electron chi connectivity index (χ3n) is 4.79. The van der Waals surface area contributed by atoms with E-state index in [9.17, 15) is 14.4 Å². The van der Waals surface area contributed by atoms with E-state index in [0.29, 0.717) is 41.0 Å². The Bertz CT molecular complexity index is 1340. The standard InChI is InChI=1S/C21H20N2O6/c1-13-12-23(21(26)22-20(13)25)8-3-2-4-9-28-19-14-5-6-18(24)29-17(14)11-16-15(19)7-10-27-16/h5-7,10-12H,2-4,8-9H2,1H3,(H,22,25,26). The molecule has 0 amide bonds. The third-order valence-corrected chi connectivity index (χ3v) is 4.79. The maximum atomic E-state index is 11.8. The third kappa shape index (κ3) is 3.87. The first-order valence-electron chi connectivity index (χ1n) is 9.40. The van der Waals surface area contributed by atoms with Crippen molar-refractivity contribution in [3.05, 3.63) is 73.5 Å². The molecule has 150 valence electrons. The van der Waals surface area contributed by atoms with Crippen LogP contribution < -0.4 is 21.6 Å². The van der Waals surface area contributed by atoms with Crippen LogP contribution in [0.1, 0.15) is 24.8 Å². The monoisotopic (exact) mass is 396 g/mol. The summed E-state index contributed by atoms with van der Waals surface area (Å²) in [7, 11) is 0. The molecule has 0 saturated carbocycles. The maximum absolute atomic E-state index is 11.8. The van der Waals surface area contributed by atoms with Crippen LogP contribution in [0.5, 0.6) is 5.75 Å². The summed E-state index contributed by atoms with van der Waals surface area (Å²) < 4.78 is 18.2. The number of aromatic nitrogens is 2. The van der Waals surface area contributed by atoms with E-state index in [2.05, 4.69) is 4.98 Å². The molecule has 0 fully saturated rings. The molecular formula is C21H20N2O6. The molecule has 8 heteroatoms. The van der Waals surface area contributed by atoms with Gasteiger partial charge in [0.2, 0.25) is 0 Å². The van der Waals surface area contributed by atoms with Crippen LogP contribution in [0.3, 0.4) is 0 Å². The highest BCUT2D eigenvalue weighted by Gasteiger charge is 2.13. The summed E-state index contributed by atoms with van der Waals surface area (Å²) in [6, 6.07) is 6.56. The van der Waals surface area contributed by atoms with Gasteiger partial charge in [0.15, 0.2) is 0 Å². The van der Waals surface area contributed by atoms with Gasteiger partial charge in [0.1, 0.15) is 16.9 Å². The molecule has 0 saturated heterocycles. The molecule has 29 heavy (non-hydrogen) atoms. The van der Waals surface area contributed by atoms with Crippen molar-refractivity contribution < 1.29 is 13.6 Å². The number of hydrogen-bond acceptors (Lipinski definition) is 6. The minimum atomic E-state index is -0.429. The fourth-order valence-corrected chi connectivity index (χ4v) is 3.29. The lowest BCUT2D eigenvalue weighted by Gasteiger charge is -2.10. The Kier molecular flexibility index (Phi) is 5.07. The molecule has 8 nitrogen and oxygen atoms in total. The van der Waals surface area contributed by atoms with Crippen LogP contribution in [0, 0.1) is 6.92 Å². The van der Waals surface area contributed by atoms with Crippen molar-refractivity contribution in [1.29, 1.82) is 0 Å². The van der Waals surface area contributed by atoms with Crippen LogP contribution in [-0.4, -0.2) is 16.2 Å². The van der Waals surface area contributed by atoms with Crippen LogP contribution in [0.15, 0.2) is 59.9 Å². The van der Waals surface area contributed by atoms with E-state index >= 15 is 0 Å². The van der Waals surface area contributed by atoms with Crippen molar-refractivity contribution in [3.63, 3.8) is 0 Å². The van der Waals surface area contributed by atoms with E-state index in [1.165, 1.54) is 10.6 Å². The second-order valence-electron chi connectivity index (χ2n) is 6.88. The van der Waals surface area contributed by atoms with E-state index in [1.54, 1.807) is 31.5 Å². The van der Waals surface area contributed by atoms with Gasteiger partial charge in [0.25, 0.3) is 5.56 Å². The van der Waals surface area contributed by atoms with Gasteiger partial charge in [-0.3, -0.25) is 9.78 Å². The normalized spacial score (nSPS) is 11.3. The van der Waals surface area contributed by atoms with Crippen LogP contribution in [0.2, 0.25) is 0 Å². The topological polar surface area (TPSA) is 107 Å². The maximum Gasteiger partial charge on any atom is 0.336 e. The average molecular weight is 396 g/mol. The summed E-state index contributed by atoms with van der Waals surface area (Å²) >= 11 is 0. The number of furan rings is 1. The van der Waals surface area contributed by atoms with Gasteiger partial charge in [-0.15, -0.1) is 0 Å². The first-order chi connectivity index (χ1) is 14.0. The number of aryl methyl sites for hydroxylation is 2. The number of aromatic amines is 1. The Morgan fingerprint density at radius 3 is 2.72 bits per heavy atom. The molecule has 3 aromatic heterocycles. The molecule has 1 N–H and O–H groups in total. The molecule has 0 radical (unpaired) electrons. The van der Waals surface area contributed by atoms with Crippen molar-refractivity contribution in [2.75, 3.05) is 6.61 Å². The first-order valence-corrected chi connectivity index (χ1v) is 9.40. The summed E-state index contributed by atoms with van der Waals surface area (Å²) in [6.45, 7) is 2.67. The molecule has 0 unspecified atom stereocenters. The number of H-pyrrole nitrogens is 1. The van der Waals surface area contributed by atoms with Gasteiger partial charge < -0.3 is 18.1 Å².